The molecule has 0 heterocycles. The molecule has 0 aromatic heterocycles. The molecule has 0 saturated heterocycles. The highest BCUT2D eigenvalue weighted by Gasteiger charge is 2.48. The SMILES string of the molecule is CCOCCO[Si](OC)(OCCOCC)C1CCCCC1. The molecular formula is C15H32O5Si. The van der Waals surface area contributed by atoms with E-state index in [1.165, 1.54) is 19.3 Å². The first-order valence-corrected chi connectivity index (χ1v) is 10.1. The first kappa shape index (κ1) is 19.1. The molecule has 0 unspecified atom stereocenters. The minimum atomic E-state index is -2.63. The van der Waals surface area contributed by atoms with Crippen molar-refractivity contribution < 1.29 is 22.8 Å². The van der Waals surface area contributed by atoms with Gasteiger partial charge in [0.1, 0.15) is 0 Å². The van der Waals surface area contributed by atoms with Crippen LogP contribution in [0, 0.1) is 0 Å². The number of hydrogen-bond acceptors (Lipinski definition) is 5. The van der Waals surface area contributed by atoms with Crippen LogP contribution in [0.3, 0.4) is 0 Å². The molecule has 0 amide bonds. The third kappa shape index (κ3) is 6.75. The van der Waals surface area contributed by atoms with E-state index in [0.717, 1.165) is 12.8 Å². The Labute approximate surface area is 130 Å². The molecule has 1 aliphatic carbocycles. The van der Waals surface area contributed by atoms with Gasteiger partial charge in [0.2, 0.25) is 0 Å². The molecule has 0 radical (unpaired) electrons. The van der Waals surface area contributed by atoms with Crippen molar-refractivity contribution in [3.8, 4) is 0 Å². The number of hydrogen-bond donors (Lipinski definition) is 0. The maximum atomic E-state index is 6.11. The van der Waals surface area contributed by atoms with E-state index in [1.54, 1.807) is 7.11 Å². The van der Waals surface area contributed by atoms with Gasteiger partial charge in [-0.3, -0.25) is 0 Å². The maximum absolute atomic E-state index is 6.11. The molecule has 1 saturated carbocycles. The van der Waals surface area contributed by atoms with Crippen molar-refractivity contribution in [2.75, 3.05) is 46.8 Å². The van der Waals surface area contributed by atoms with E-state index in [1.807, 2.05) is 13.8 Å². The zero-order valence-corrected chi connectivity index (χ0v) is 14.9. The maximum Gasteiger partial charge on any atom is 0.504 e. The van der Waals surface area contributed by atoms with Crippen LogP contribution in [-0.4, -0.2) is 55.6 Å². The predicted molar refractivity (Wildman–Crippen MR) is 84.5 cm³/mol. The molecule has 0 aliphatic heterocycles. The molecule has 0 N–H and O–H groups in total. The lowest BCUT2D eigenvalue weighted by molar-refractivity contribution is 0.0163. The van der Waals surface area contributed by atoms with Gasteiger partial charge in [-0.1, -0.05) is 19.3 Å². The Morgan fingerprint density at radius 1 is 0.810 bits per heavy atom. The summed E-state index contributed by atoms with van der Waals surface area (Å²) in [5, 5.41) is 0. The van der Waals surface area contributed by atoms with Gasteiger partial charge < -0.3 is 22.8 Å². The summed E-state index contributed by atoms with van der Waals surface area (Å²) in [6.07, 6.45) is 6.08. The van der Waals surface area contributed by atoms with Crippen LogP contribution in [0.4, 0.5) is 0 Å². The highest BCUT2D eigenvalue weighted by atomic mass is 28.4. The van der Waals surface area contributed by atoms with Gasteiger partial charge in [-0.2, -0.15) is 0 Å². The Morgan fingerprint density at radius 2 is 1.33 bits per heavy atom. The van der Waals surface area contributed by atoms with E-state index in [9.17, 15) is 0 Å². The molecule has 0 aromatic rings. The lowest BCUT2D eigenvalue weighted by atomic mass is 10.0. The minimum Gasteiger partial charge on any atom is -0.379 e. The Hall–Kier alpha value is 0.0169. The van der Waals surface area contributed by atoms with Crippen LogP contribution in [-0.2, 0) is 22.8 Å². The minimum absolute atomic E-state index is 0.416. The molecule has 1 aliphatic rings. The second-order valence-electron chi connectivity index (χ2n) is 5.23. The second-order valence-corrected chi connectivity index (χ2v) is 8.24. The lowest BCUT2D eigenvalue weighted by Gasteiger charge is -2.36. The second kappa shape index (κ2) is 11.6. The van der Waals surface area contributed by atoms with E-state index < -0.39 is 8.80 Å². The monoisotopic (exact) mass is 320 g/mol. The van der Waals surface area contributed by atoms with Gasteiger partial charge in [0, 0.05) is 25.9 Å². The van der Waals surface area contributed by atoms with Gasteiger partial charge in [-0.15, -0.1) is 0 Å². The molecule has 0 atom stereocenters. The summed E-state index contributed by atoms with van der Waals surface area (Å²) >= 11 is 0. The average molecular weight is 321 g/mol. The summed E-state index contributed by atoms with van der Waals surface area (Å²) in [6.45, 7) is 7.66. The summed E-state index contributed by atoms with van der Waals surface area (Å²) < 4.78 is 28.8. The van der Waals surface area contributed by atoms with E-state index in [0.29, 0.717) is 45.2 Å². The Morgan fingerprint density at radius 3 is 1.76 bits per heavy atom. The lowest BCUT2D eigenvalue weighted by Crippen LogP contribution is -2.51. The quantitative estimate of drug-likeness (QED) is 0.408. The largest absolute Gasteiger partial charge is 0.504 e. The van der Waals surface area contributed by atoms with Crippen molar-refractivity contribution >= 4 is 8.80 Å². The van der Waals surface area contributed by atoms with Gasteiger partial charge in [-0.25, -0.2) is 0 Å². The van der Waals surface area contributed by atoms with Crippen LogP contribution in [0.15, 0.2) is 0 Å². The fourth-order valence-corrected chi connectivity index (χ4v) is 5.77. The Bertz CT molecular complexity index is 234. The van der Waals surface area contributed by atoms with Gasteiger partial charge in [0.15, 0.2) is 0 Å². The average Bonchev–Trinajstić information content (AvgIpc) is 2.54. The molecule has 1 fully saturated rings. The smallest absolute Gasteiger partial charge is 0.379 e. The predicted octanol–water partition coefficient (Wildman–Crippen LogP) is 3.01. The third-order valence-corrected chi connectivity index (χ3v) is 7.22. The first-order valence-electron chi connectivity index (χ1n) is 8.27. The molecule has 21 heavy (non-hydrogen) atoms. The summed E-state index contributed by atoms with van der Waals surface area (Å²) in [4.78, 5) is 0. The summed E-state index contributed by atoms with van der Waals surface area (Å²) in [5.74, 6) is 0. The molecule has 1 rings (SSSR count). The van der Waals surface area contributed by atoms with Gasteiger partial charge in [0.05, 0.1) is 26.4 Å². The number of rotatable bonds is 12. The van der Waals surface area contributed by atoms with E-state index >= 15 is 0 Å². The van der Waals surface area contributed by atoms with Crippen molar-refractivity contribution in [2.24, 2.45) is 0 Å². The van der Waals surface area contributed by atoms with E-state index in [4.69, 9.17) is 22.8 Å². The molecular weight excluding hydrogens is 288 g/mol. The standard InChI is InChI=1S/C15H32O5Si/c1-4-17-11-13-19-21(16-3,20-14-12-18-5-2)15-9-7-6-8-10-15/h15H,4-14H2,1-3H3. The van der Waals surface area contributed by atoms with Crippen LogP contribution < -0.4 is 0 Å². The van der Waals surface area contributed by atoms with Crippen LogP contribution in [0.2, 0.25) is 5.54 Å². The normalized spacial score (nSPS) is 17.3. The molecule has 5 nitrogen and oxygen atoms in total. The van der Waals surface area contributed by atoms with E-state index in [-0.39, 0.29) is 0 Å². The van der Waals surface area contributed by atoms with Gasteiger partial charge in [0.25, 0.3) is 0 Å². The molecule has 0 bridgehead atoms. The van der Waals surface area contributed by atoms with Crippen molar-refractivity contribution in [1.82, 2.24) is 0 Å². The number of ether oxygens (including phenoxy) is 2. The zero-order chi connectivity index (χ0) is 15.4. The topological polar surface area (TPSA) is 46.2 Å². The fourth-order valence-electron chi connectivity index (χ4n) is 2.79. The van der Waals surface area contributed by atoms with Crippen LogP contribution in [0.25, 0.3) is 0 Å². The highest BCUT2D eigenvalue weighted by molar-refractivity contribution is 6.62. The summed E-state index contributed by atoms with van der Waals surface area (Å²) in [5.41, 5.74) is 0.416. The Balaban J connectivity index is 2.54. The van der Waals surface area contributed by atoms with Crippen molar-refractivity contribution in [1.29, 1.82) is 0 Å². The summed E-state index contributed by atoms with van der Waals surface area (Å²) in [6, 6.07) is 0. The highest BCUT2D eigenvalue weighted by Crippen LogP contribution is 2.38. The van der Waals surface area contributed by atoms with Crippen molar-refractivity contribution in [3.63, 3.8) is 0 Å². The van der Waals surface area contributed by atoms with Gasteiger partial charge >= 0.3 is 8.80 Å². The molecule has 126 valence electrons. The van der Waals surface area contributed by atoms with Crippen molar-refractivity contribution in [3.05, 3.63) is 0 Å². The summed E-state index contributed by atoms with van der Waals surface area (Å²) in [7, 11) is -0.904. The molecule has 0 aromatic carbocycles. The van der Waals surface area contributed by atoms with Crippen LogP contribution >= 0.6 is 0 Å². The van der Waals surface area contributed by atoms with Crippen molar-refractivity contribution in [2.45, 2.75) is 51.5 Å². The van der Waals surface area contributed by atoms with Crippen LogP contribution in [0.1, 0.15) is 46.0 Å². The fraction of sp³-hybridized carbons (Fsp3) is 1.00. The first-order chi connectivity index (χ1) is 10.3. The zero-order valence-electron chi connectivity index (χ0n) is 13.9. The van der Waals surface area contributed by atoms with E-state index in [2.05, 4.69) is 0 Å². The van der Waals surface area contributed by atoms with Gasteiger partial charge in [-0.05, 0) is 26.7 Å². The third-order valence-electron chi connectivity index (χ3n) is 3.86. The molecule has 6 heteroatoms. The molecule has 0 spiro atoms. The Kier molecular flexibility index (Phi) is 10.5. The van der Waals surface area contributed by atoms with Crippen LogP contribution in [0.5, 0.6) is 0 Å².